The van der Waals surface area contributed by atoms with Crippen LogP contribution in [0.1, 0.15) is 18.1 Å². The molecule has 1 aromatic rings. The molecule has 3 heteroatoms. The van der Waals surface area contributed by atoms with Crippen molar-refractivity contribution in [1.29, 1.82) is 0 Å². The molecule has 1 atom stereocenters. The smallest absolute Gasteiger partial charge is 0.142 e. The number of fused-ring (bicyclic) bond motifs is 1. The highest BCUT2D eigenvalue weighted by atomic mass is 127. The van der Waals surface area contributed by atoms with Crippen LogP contribution in [0.15, 0.2) is 18.2 Å². The van der Waals surface area contributed by atoms with Gasteiger partial charge in [-0.1, -0.05) is 12.1 Å². The van der Waals surface area contributed by atoms with E-state index in [-0.39, 0.29) is 9.43 Å². The molecular weight excluding hydrogens is 270 g/mol. The van der Waals surface area contributed by atoms with E-state index in [1.54, 1.807) is 6.07 Å². The number of hydrogen-bond acceptors (Lipinski definition) is 1. The fourth-order valence-corrected chi connectivity index (χ4v) is 2.07. The van der Waals surface area contributed by atoms with Crippen molar-refractivity contribution in [2.24, 2.45) is 0 Å². The van der Waals surface area contributed by atoms with Gasteiger partial charge in [0.05, 0.1) is 6.61 Å². The first kappa shape index (κ1) is 8.44. The van der Waals surface area contributed by atoms with Crippen molar-refractivity contribution in [1.82, 2.24) is 0 Å². The van der Waals surface area contributed by atoms with Crippen molar-refractivity contribution in [2.45, 2.75) is 17.1 Å². The molecule has 1 heterocycles. The van der Waals surface area contributed by atoms with Gasteiger partial charge in [0.25, 0.3) is 0 Å². The molecule has 2 rings (SSSR count). The van der Waals surface area contributed by atoms with Crippen molar-refractivity contribution in [2.75, 3.05) is 0 Å². The van der Waals surface area contributed by atoms with Crippen LogP contribution in [-0.4, -0.2) is 0 Å². The summed E-state index contributed by atoms with van der Waals surface area (Å²) in [6.07, 6.45) is 0. The van der Waals surface area contributed by atoms with Gasteiger partial charge in [-0.2, -0.15) is 0 Å². The number of rotatable bonds is 0. The zero-order valence-electron chi connectivity index (χ0n) is 6.60. The third kappa shape index (κ3) is 1.15. The van der Waals surface area contributed by atoms with Crippen LogP contribution in [0.5, 0.6) is 0 Å². The van der Waals surface area contributed by atoms with Crippen molar-refractivity contribution < 1.29 is 9.13 Å². The largest absolute Gasteiger partial charge is 0.356 e. The van der Waals surface area contributed by atoms with Gasteiger partial charge in [-0.3, -0.25) is 0 Å². The maximum atomic E-state index is 13.2. The predicted molar refractivity (Wildman–Crippen MR) is 52.6 cm³/mol. The first-order chi connectivity index (χ1) is 5.61. The molecule has 1 unspecified atom stereocenters. The summed E-state index contributed by atoms with van der Waals surface area (Å²) < 4.78 is 18.2. The van der Waals surface area contributed by atoms with Gasteiger partial charge in [0.15, 0.2) is 0 Å². The van der Waals surface area contributed by atoms with Crippen LogP contribution >= 0.6 is 22.6 Å². The van der Waals surface area contributed by atoms with Crippen LogP contribution < -0.4 is 0 Å². The zero-order valence-corrected chi connectivity index (χ0v) is 8.76. The maximum absolute atomic E-state index is 13.2. The zero-order chi connectivity index (χ0) is 8.77. The summed E-state index contributed by atoms with van der Waals surface area (Å²) in [6.45, 7) is 2.33. The Balaban J connectivity index is 2.61. The predicted octanol–water partition coefficient (Wildman–Crippen LogP) is 2.96. The monoisotopic (exact) mass is 278 g/mol. The number of halogens is 2. The van der Waals surface area contributed by atoms with Gasteiger partial charge >= 0.3 is 0 Å². The van der Waals surface area contributed by atoms with E-state index in [0.29, 0.717) is 12.2 Å². The van der Waals surface area contributed by atoms with Crippen molar-refractivity contribution >= 4 is 22.6 Å². The van der Waals surface area contributed by atoms with E-state index >= 15 is 0 Å². The van der Waals surface area contributed by atoms with Crippen molar-refractivity contribution in [3.05, 3.63) is 35.1 Å². The van der Waals surface area contributed by atoms with E-state index in [0.717, 1.165) is 5.56 Å². The van der Waals surface area contributed by atoms with Gasteiger partial charge in [-0.15, -0.1) is 0 Å². The second kappa shape index (κ2) is 2.67. The van der Waals surface area contributed by atoms with E-state index in [2.05, 4.69) is 22.6 Å². The normalized spacial score (nSPS) is 27.2. The van der Waals surface area contributed by atoms with Crippen molar-refractivity contribution in [3.8, 4) is 0 Å². The van der Waals surface area contributed by atoms with Crippen LogP contribution in [0.4, 0.5) is 4.39 Å². The molecule has 0 saturated heterocycles. The van der Waals surface area contributed by atoms with Crippen LogP contribution in [-0.2, 0) is 15.0 Å². The molecule has 0 saturated carbocycles. The molecule has 0 radical (unpaired) electrons. The van der Waals surface area contributed by atoms with E-state index in [1.807, 2.05) is 13.0 Å². The highest BCUT2D eigenvalue weighted by Crippen LogP contribution is 2.42. The summed E-state index contributed by atoms with van der Waals surface area (Å²) in [7, 11) is 0. The molecule has 1 nitrogen and oxygen atoms in total. The quantitative estimate of drug-likeness (QED) is 0.523. The SMILES string of the molecule is CC1(I)OCc2c(F)cccc21. The Morgan fingerprint density at radius 1 is 1.58 bits per heavy atom. The topological polar surface area (TPSA) is 9.23 Å². The lowest BCUT2D eigenvalue weighted by molar-refractivity contribution is 0.0640. The Kier molecular flexibility index (Phi) is 1.88. The molecule has 0 bridgehead atoms. The van der Waals surface area contributed by atoms with Crippen LogP contribution in [0.3, 0.4) is 0 Å². The second-order valence-electron chi connectivity index (χ2n) is 2.97. The van der Waals surface area contributed by atoms with Crippen LogP contribution in [0.25, 0.3) is 0 Å². The van der Waals surface area contributed by atoms with Crippen molar-refractivity contribution in [3.63, 3.8) is 0 Å². The summed E-state index contributed by atoms with van der Waals surface area (Å²) >= 11 is 2.19. The molecule has 0 amide bonds. The molecule has 1 aliphatic rings. The number of ether oxygens (including phenoxy) is 1. The molecule has 0 aliphatic carbocycles. The second-order valence-corrected chi connectivity index (χ2v) is 5.03. The Morgan fingerprint density at radius 3 is 3.00 bits per heavy atom. The average Bonchev–Trinajstić information content (AvgIpc) is 2.30. The minimum Gasteiger partial charge on any atom is -0.356 e. The lowest BCUT2D eigenvalue weighted by Crippen LogP contribution is -2.09. The Morgan fingerprint density at radius 2 is 2.33 bits per heavy atom. The third-order valence-electron chi connectivity index (χ3n) is 2.09. The Labute approximate surface area is 84.1 Å². The van der Waals surface area contributed by atoms with Crippen LogP contribution in [0.2, 0.25) is 0 Å². The average molecular weight is 278 g/mol. The Hall–Kier alpha value is -0.160. The molecule has 0 aromatic heterocycles. The molecule has 12 heavy (non-hydrogen) atoms. The highest BCUT2D eigenvalue weighted by molar-refractivity contribution is 14.1. The van der Waals surface area contributed by atoms with Gasteiger partial charge in [-0.05, 0) is 35.6 Å². The lowest BCUT2D eigenvalue weighted by Gasteiger charge is -2.15. The van der Waals surface area contributed by atoms with Gasteiger partial charge < -0.3 is 4.74 Å². The molecule has 0 fully saturated rings. The highest BCUT2D eigenvalue weighted by Gasteiger charge is 2.33. The summed E-state index contributed by atoms with van der Waals surface area (Å²) in [5.41, 5.74) is 1.66. The van der Waals surface area contributed by atoms with Gasteiger partial charge in [0.1, 0.15) is 9.43 Å². The summed E-state index contributed by atoms with van der Waals surface area (Å²) in [4.78, 5) is 0. The fraction of sp³-hybridized carbons (Fsp3) is 0.333. The van der Waals surface area contributed by atoms with E-state index in [9.17, 15) is 4.39 Å². The lowest BCUT2D eigenvalue weighted by atomic mass is 10.1. The summed E-state index contributed by atoms with van der Waals surface area (Å²) in [6, 6.07) is 5.11. The van der Waals surface area contributed by atoms with E-state index < -0.39 is 0 Å². The fourth-order valence-electron chi connectivity index (χ4n) is 1.41. The standard InChI is InChI=1S/C9H8FIO/c1-9(11)7-3-2-4-8(10)6(7)5-12-9/h2-4H,5H2,1H3. The van der Waals surface area contributed by atoms with E-state index in [1.165, 1.54) is 6.07 Å². The Bertz CT molecular complexity index is 322. The number of hydrogen-bond donors (Lipinski definition) is 0. The first-order valence-electron chi connectivity index (χ1n) is 3.72. The van der Waals surface area contributed by atoms with Gasteiger partial charge in [0.2, 0.25) is 0 Å². The summed E-state index contributed by atoms with van der Waals surface area (Å²) in [5.74, 6) is -0.159. The number of benzene rings is 1. The van der Waals surface area contributed by atoms with Crippen LogP contribution in [0, 0.1) is 5.82 Å². The minimum absolute atomic E-state index is 0.159. The molecule has 0 spiro atoms. The molecule has 1 aromatic carbocycles. The summed E-state index contributed by atoms with van der Waals surface area (Å²) in [5, 5.41) is 0. The molecular formula is C9H8FIO. The maximum Gasteiger partial charge on any atom is 0.142 e. The minimum atomic E-state index is -0.352. The van der Waals surface area contributed by atoms with E-state index in [4.69, 9.17) is 4.74 Å². The third-order valence-corrected chi connectivity index (χ3v) is 2.98. The number of alkyl halides is 1. The first-order valence-corrected chi connectivity index (χ1v) is 4.80. The molecule has 64 valence electrons. The molecule has 1 aliphatic heterocycles. The van der Waals surface area contributed by atoms with Gasteiger partial charge in [0, 0.05) is 11.1 Å². The molecule has 0 N–H and O–H groups in total. The van der Waals surface area contributed by atoms with Gasteiger partial charge in [-0.25, -0.2) is 4.39 Å².